The van der Waals surface area contributed by atoms with Crippen LogP contribution in [0.15, 0.2) is 36.5 Å². The standard InChI is InChI=1S/C12H18O2/c1-3-5-6-7-8-9-10-11-12(13)14-4-2/h6-11H,3-5H2,1-2H3/b7-6+,9-8+,11-10+. The van der Waals surface area contributed by atoms with E-state index in [1.807, 2.05) is 18.2 Å². The molecule has 0 aromatic carbocycles. The minimum atomic E-state index is -0.297. The van der Waals surface area contributed by atoms with Crippen LogP contribution in [0.4, 0.5) is 0 Å². The van der Waals surface area contributed by atoms with Crippen molar-refractivity contribution < 1.29 is 9.53 Å². The van der Waals surface area contributed by atoms with E-state index in [1.54, 1.807) is 13.0 Å². The highest BCUT2D eigenvalue weighted by molar-refractivity contribution is 5.82. The third-order valence-corrected chi connectivity index (χ3v) is 1.44. The van der Waals surface area contributed by atoms with Gasteiger partial charge in [0, 0.05) is 6.08 Å². The van der Waals surface area contributed by atoms with Gasteiger partial charge in [0.15, 0.2) is 0 Å². The summed E-state index contributed by atoms with van der Waals surface area (Å²) in [4.78, 5) is 10.8. The van der Waals surface area contributed by atoms with Crippen molar-refractivity contribution in [1.29, 1.82) is 0 Å². The van der Waals surface area contributed by atoms with Crippen molar-refractivity contribution in [3.05, 3.63) is 36.5 Å². The maximum absolute atomic E-state index is 10.8. The Morgan fingerprint density at radius 2 is 1.86 bits per heavy atom. The van der Waals surface area contributed by atoms with Crippen molar-refractivity contribution >= 4 is 5.97 Å². The van der Waals surface area contributed by atoms with E-state index in [2.05, 4.69) is 13.0 Å². The van der Waals surface area contributed by atoms with Crippen molar-refractivity contribution in [3.8, 4) is 0 Å². The zero-order valence-corrected chi connectivity index (χ0v) is 8.90. The summed E-state index contributed by atoms with van der Waals surface area (Å²) in [6.07, 6.45) is 13.1. The maximum atomic E-state index is 10.8. The molecule has 0 saturated heterocycles. The van der Waals surface area contributed by atoms with Gasteiger partial charge in [-0.05, 0) is 13.3 Å². The number of esters is 1. The van der Waals surface area contributed by atoms with E-state index >= 15 is 0 Å². The third kappa shape index (κ3) is 8.78. The van der Waals surface area contributed by atoms with Crippen LogP contribution < -0.4 is 0 Å². The van der Waals surface area contributed by atoms with Crippen LogP contribution in [0, 0.1) is 0 Å². The molecule has 0 aliphatic rings. The van der Waals surface area contributed by atoms with Gasteiger partial charge in [-0.3, -0.25) is 0 Å². The highest BCUT2D eigenvalue weighted by Gasteiger charge is 1.89. The Morgan fingerprint density at radius 3 is 2.50 bits per heavy atom. The molecule has 0 unspecified atom stereocenters. The SMILES string of the molecule is CCC/C=C/C=C/C=C/C(=O)OCC. The second kappa shape index (κ2) is 9.78. The number of ether oxygens (including phenoxy) is 1. The summed E-state index contributed by atoms with van der Waals surface area (Å²) in [6.45, 7) is 4.34. The van der Waals surface area contributed by atoms with Crippen LogP contribution in [0.5, 0.6) is 0 Å². The first-order valence-electron chi connectivity index (χ1n) is 4.97. The van der Waals surface area contributed by atoms with Gasteiger partial charge < -0.3 is 4.74 Å². The molecule has 2 nitrogen and oxygen atoms in total. The molecule has 14 heavy (non-hydrogen) atoms. The maximum Gasteiger partial charge on any atom is 0.330 e. The Balaban J connectivity index is 3.64. The first-order valence-corrected chi connectivity index (χ1v) is 4.97. The number of allylic oxidation sites excluding steroid dienone is 5. The van der Waals surface area contributed by atoms with Crippen LogP contribution in [-0.4, -0.2) is 12.6 Å². The van der Waals surface area contributed by atoms with Crippen molar-refractivity contribution in [2.24, 2.45) is 0 Å². The van der Waals surface area contributed by atoms with Gasteiger partial charge in [0.25, 0.3) is 0 Å². The van der Waals surface area contributed by atoms with Crippen LogP contribution in [-0.2, 0) is 9.53 Å². The molecular weight excluding hydrogens is 176 g/mol. The molecule has 0 saturated carbocycles. The number of hydrogen-bond acceptors (Lipinski definition) is 2. The minimum absolute atomic E-state index is 0.297. The molecule has 0 heterocycles. The molecule has 0 rings (SSSR count). The number of carbonyl (C=O) groups excluding carboxylic acids is 1. The van der Waals surface area contributed by atoms with E-state index in [4.69, 9.17) is 4.74 Å². The fraction of sp³-hybridized carbons (Fsp3) is 0.417. The molecule has 0 aliphatic heterocycles. The molecule has 0 aromatic rings. The lowest BCUT2D eigenvalue weighted by Crippen LogP contribution is -1.98. The molecule has 78 valence electrons. The lowest BCUT2D eigenvalue weighted by molar-refractivity contribution is -0.137. The van der Waals surface area contributed by atoms with Gasteiger partial charge in [0.05, 0.1) is 6.61 Å². The molecule has 0 aliphatic carbocycles. The van der Waals surface area contributed by atoms with Crippen molar-refractivity contribution in [2.75, 3.05) is 6.61 Å². The zero-order chi connectivity index (χ0) is 10.6. The molecule has 0 bridgehead atoms. The Kier molecular flexibility index (Phi) is 8.86. The fourth-order valence-electron chi connectivity index (χ4n) is 0.794. The summed E-state index contributed by atoms with van der Waals surface area (Å²) in [7, 11) is 0. The van der Waals surface area contributed by atoms with Crippen LogP contribution in [0.25, 0.3) is 0 Å². The molecule has 0 aromatic heterocycles. The molecule has 0 fully saturated rings. The van der Waals surface area contributed by atoms with Crippen molar-refractivity contribution in [2.45, 2.75) is 26.7 Å². The number of carbonyl (C=O) groups is 1. The predicted octanol–water partition coefficient (Wildman–Crippen LogP) is 3.02. The lowest BCUT2D eigenvalue weighted by atomic mass is 10.3. The van der Waals surface area contributed by atoms with Crippen LogP contribution >= 0.6 is 0 Å². The second-order valence-electron chi connectivity index (χ2n) is 2.71. The van der Waals surface area contributed by atoms with E-state index in [0.29, 0.717) is 6.61 Å². The van der Waals surface area contributed by atoms with Crippen LogP contribution in [0.3, 0.4) is 0 Å². The molecule has 0 amide bonds. The van der Waals surface area contributed by atoms with Crippen molar-refractivity contribution in [3.63, 3.8) is 0 Å². The predicted molar refractivity (Wildman–Crippen MR) is 59.0 cm³/mol. The molecule has 0 N–H and O–H groups in total. The van der Waals surface area contributed by atoms with Gasteiger partial charge >= 0.3 is 5.97 Å². The topological polar surface area (TPSA) is 26.3 Å². The van der Waals surface area contributed by atoms with Gasteiger partial charge in [0.2, 0.25) is 0 Å². The van der Waals surface area contributed by atoms with Crippen LogP contribution in [0.2, 0.25) is 0 Å². The highest BCUT2D eigenvalue weighted by atomic mass is 16.5. The Hall–Kier alpha value is -1.31. The first-order chi connectivity index (χ1) is 6.81. The smallest absolute Gasteiger partial charge is 0.330 e. The largest absolute Gasteiger partial charge is 0.463 e. The third-order valence-electron chi connectivity index (χ3n) is 1.44. The second-order valence-corrected chi connectivity index (χ2v) is 2.71. The Bertz CT molecular complexity index is 224. The van der Waals surface area contributed by atoms with E-state index in [9.17, 15) is 4.79 Å². The van der Waals surface area contributed by atoms with E-state index in [0.717, 1.165) is 12.8 Å². The Morgan fingerprint density at radius 1 is 1.14 bits per heavy atom. The first kappa shape index (κ1) is 12.7. The number of hydrogen-bond donors (Lipinski definition) is 0. The molecule has 2 heteroatoms. The van der Waals surface area contributed by atoms with Crippen LogP contribution in [0.1, 0.15) is 26.7 Å². The summed E-state index contributed by atoms with van der Waals surface area (Å²) < 4.78 is 4.71. The van der Waals surface area contributed by atoms with E-state index in [-0.39, 0.29) is 5.97 Å². The summed E-state index contributed by atoms with van der Waals surface area (Å²) in [5.41, 5.74) is 0. The summed E-state index contributed by atoms with van der Waals surface area (Å²) in [5, 5.41) is 0. The molecule has 0 radical (unpaired) electrons. The summed E-state index contributed by atoms with van der Waals surface area (Å²) in [5.74, 6) is -0.297. The zero-order valence-electron chi connectivity index (χ0n) is 8.90. The quantitative estimate of drug-likeness (QED) is 0.369. The number of rotatable bonds is 6. The van der Waals surface area contributed by atoms with Gasteiger partial charge in [-0.15, -0.1) is 0 Å². The van der Waals surface area contributed by atoms with E-state index < -0.39 is 0 Å². The van der Waals surface area contributed by atoms with Gasteiger partial charge in [0.1, 0.15) is 0 Å². The average Bonchev–Trinajstić information content (AvgIpc) is 2.17. The summed E-state index contributed by atoms with van der Waals surface area (Å²) >= 11 is 0. The van der Waals surface area contributed by atoms with Gasteiger partial charge in [-0.2, -0.15) is 0 Å². The summed E-state index contributed by atoms with van der Waals surface area (Å²) in [6, 6.07) is 0. The van der Waals surface area contributed by atoms with Crippen molar-refractivity contribution in [1.82, 2.24) is 0 Å². The monoisotopic (exact) mass is 194 g/mol. The highest BCUT2D eigenvalue weighted by Crippen LogP contribution is 1.89. The minimum Gasteiger partial charge on any atom is -0.463 e. The van der Waals surface area contributed by atoms with Gasteiger partial charge in [-0.1, -0.05) is 43.7 Å². The normalized spacial score (nSPS) is 11.9. The van der Waals surface area contributed by atoms with Gasteiger partial charge in [-0.25, -0.2) is 4.79 Å². The number of unbranched alkanes of at least 4 members (excludes halogenated alkanes) is 1. The molecular formula is C12H18O2. The molecule has 0 spiro atoms. The molecule has 0 atom stereocenters. The average molecular weight is 194 g/mol. The van der Waals surface area contributed by atoms with E-state index in [1.165, 1.54) is 6.08 Å². The Labute approximate surface area is 86.0 Å². The lowest BCUT2D eigenvalue weighted by Gasteiger charge is -1.92. The fourth-order valence-corrected chi connectivity index (χ4v) is 0.794.